The lowest BCUT2D eigenvalue weighted by molar-refractivity contribution is -0.137. The van der Waals surface area contributed by atoms with Gasteiger partial charge in [-0.3, -0.25) is 24.0 Å². The quantitative estimate of drug-likeness (QED) is 0.0623. The lowest BCUT2D eigenvalue weighted by atomic mass is 9.34. The Hall–Kier alpha value is -11.0. The van der Waals surface area contributed by atoms with Crippen LogP contribution in [0.2, 0.25) is 0 Å². The van der Waals surface area contributed by atoms with Crippen LogP contribution in [0.25, 0.3) is 55.6 Å². The van der Waals surface area contributed by atoms with E-state index in [4.69, 9.17) is 0 Å². The van der Waals surface area contributed by atoms with E-state index in [1.54, 1.807) is 0 Å². The number of aliphatic carboxylic acids is 5. The molecule has 0 aromatic heterocycles. The molecule has 0 spiro atoms. The van der Waals surface area contributed by atoms with Gasteiger partial charge in [-0.05, 0) is 196 Å². The summed E-state index contributed by atoms with van der Waals surface area (Å²) in [6.07, 6.45) is -0.274. The van der Waals surface area contributed by atoms with Gasteiger partial charge < -0.3 is 25.5 Å². The van der Waals surface area contributed by atoms with Gasteiger partial charge in [0, 0.05) is 5.41 Å². The minimum absolute atomic E-state index is 0.165. The third-order valence-electron chi connectivity index (χ3n) is 24.2. The first-order valence-corrected chi connectivity index (χ1v) is 31.6. The second-order valence-electron chi connectivity index (χ2n) is 27.4. The average molecular weight is 1200 g/mol. The summed E-state index contributed by atoms with van der Waals surface area (Å²) in [6.45, 7) is 2.38. The Morgan fingerprint density at radius 1 is 0.261 bits per heavy atom. The molecule has 0 saturated heterocycles. The molecular weight excluding hydrogens is 1140 g/mol. The number of hydrogen-bond donors (Lipinski definition) is 5. The van der Waals surface area contributed by atoms with Gasteiger partial charge >= 0.3 is 29.8 Å². The molecule has 92 heavy (non-hydrogen) atoms. The summed E-state index contributed by atoms with van der Waals surface area (Å²) in [5, 5.41) is 52.0. The van der Waals surface area contributed by atoms with Gasteiger partial charge in [0.25, 0.3) is 0 Å². The van der Waals surface area contributed by atoms with E-state index < -0.39 is 62.3 Å². The van der Waals surface area contributed by atoms with Crippen LogP contribution in [0.15, 0.2) is 204 Å². The third-order valence-corrected chi connectivity index (χ3v) is 24.2. The first-order chi connectivity index (χ1) is 44.6. The Balaban J connectivity index is 1.08. The van der Waals surface area contributed by atoms with Crippen LogP contribution < -0.4 is 0 Å². The van der Waals surface area contributed by atoms with Crippen molar-refractivity contribution in [3.05, 3.63) is 316 Å². The second kappa shape index (κ2) is 15.8. The molecule has 11 aliphatic rings. The average Bonchev–Trinajstić information content (AvgIpc) is 1.39. The Labute approximate surface area is 525 Å². The number of carbonyl (C=O) groups is 5. The fourth-order valence-electron chi connectivity index (χ4n) is 22.3. The van der Waals surface area contributed by atoms with Gasteiger partial charge in [0.1, 0.15) is 0 Å². The van der Waals surface area contributed by atoms with Crippen LogP contribution in [0.5, 0.6) is 0 Å². The highest BCUT2D eigenvalue weighted by atomic mass is 16.4. The van der Waals surface area contributed by atoms with Crippen LogP contribution in [-0.4, -0.2) is 55.4 Å². The van der Waals surface area contributed by atoms with E-state index in [-0.39, 0.29) is 32.1 Å². The maximum Gasteiger partial charge on any atom is 0.307 e. The number of hydrogen-bond acceptors (Lipinski definition) is 5. The third kappa shape index (κ3) is 4.88. The summed E-state index contributed by atoms with van der Waals surface area (Å²) in [5.41, 5.74) is 29.8. The molecule has 0 heterocycles. The summed E-state index contributed by atoms with van der Waals surface area (Å²) >= 11 is 0. The van der Waals surface area contributed by atoms with Gasteiger partial charge in [-0.15, -0.1) is 0 Å². The van der Waals surface area contributed by atoms with Crippen molar-refractivity contribution in [1.29, 1.82) is 0 Å². The Kier molecular flexibility index (Phi) is 8.72. The molecule has 0 saturated carbocycles. The highest BCUT2D eigenvalue weighted by Gasteiger charge is 2.86. The van der Waals surface area contributed by atoms with Gasteiger partial charge in [-0.25, -0.2) is 0 Å². The van der Waals surface area contributed by atoms with E-state index in [2.05, 4.69) is 128 Å². The minimum atomic E-state index is -1.08. The molecule has 10 nitrogen and oxygen atoms in total. The van der Waals surface area contributed by atoms with Crippen molar-refractivity contribution >= 4 is 29.8 Å². The van der Waals surface area contributed by atoms with Crippen molar-refractivity contribution in [1.82, 2.24) is 0 Å². The van der Waals surface area contributed by atoms with Gasteiger partial charge in [0.15, 0.2) is 0 Å². The standard InChI is InChI=1S/C82H50O10/c1-2-77-75-73-74-76(77)81(46-19-9-41(10-20-46)36-61(89)90)68-53-28-26-51-49-24-23-48-50-25-27-52-54-29-31-56-57-32-30-55(53)70(81)72(57)82(77,47-21-11-42(12-22-47)37-62(91)92)71(56)69(54)80(75,45-17-7-40(8-18-45)35-60(87)88)67(52)65(50)78(73,43-13-3-38(4-14-43)33-58(83)84)63(48)64(49)79(74,66(51)68)44-15-5-39(6-16-44)34-59(85)86/h3-32H,2,33-37H2,1H3,(H,83,84)(H,85,86)(H,87,88)(H,89,90)(H,91,92)/t77-,78+,79-,80+,81-,82+. The molecule has 10 aromatic carbocycles. The van der Waals surface area contributed by atoms with E-state index in [1.807, 2.05) is 60.7 Å². The van der Waals surface area contributed by atoms with Crippen LogP contribution in [0.1, 0.15) is 125 Å². The van der Waals surface area contributed by atoms with Crippen molar-refractivity contribution in [2.75, 3.05) is 0 Å². The fourth-order valence-corrected chi connectivity index (χ4v) is 22.3. The molecule has 21 rings (SSSR count). The Bertz CT molecular complexity index is 5190. The Morgan fingerprint density at radius 3 is 0.685 bits per heavy atom. The van der Waals surface area contributed by atoms with E-state index in [9.17, 15) is 49.5 Å². The molecule has 0 fully saturated rings. The van der Waals surface area contributed by atoms with Gasteiger partial charge in [-0.2, -0.15) is 0 Å². The normalized spacial score (nSPS) is 24.6. The van der Waals surface area contributed by atoms with E-state index in [1.165, 1.54) is 77.9 Å². The molecule has 11 aliphatic carbocycles. The van der Waals surface area contributed by atoms with Gasteiger partial charge in [-0.1, -0.05) is 189 Å². The van der Waals surface area contributed by atoms with Crippen LogP contribution >= 0.6 is 0 Å². The molecule has 10 heteroatoms. The number of carboxylic acids is 5. The largest absolute Gasteiger partial charge is 0.481 e. The monoisotopic (exact) mass is 1190 g/mol. The predicted octanol–water partition coefficient (Wildman–Crippen LogP) is 13.8. The molecule has 438 valence electrons. The van der Waals surface area contributed by atoms with Crippen LogP contribution in [-0.2, 0) is 83.2 Å². The van der Waals surface area contributed by atoms with Crippen LogP contribution in [0.3, 0.4) is 0 Å². The first kappa shape index (κ1) is 50.8. The predicted molar refractivity (Wildman–Crippen MR) is 342 cm³/mol. The smallest absolute Gasteiger partial charge is 0.307 e. The van der Waals surface area contributed by atoms with Crippen molar-refractivity contribution < 1.29 is 49.5 Å². The maximum atomic E-state index is 12.7. The lowest BCUT2D eigenvalue weighted by Gasteiger charge is -2.66. The first-order valence-electron chi connectivity index (χ1n) is 31.6. The molecule has 0 bridgehead atoms. The van der Waals surface area contributed by atoms with Crippen molar-refractivity contribution in [2.45, 2.75) is 72.5 Å². The number of allylic oxidation sites excluding steroid dienone is 4. The fraction of sp³-hybridized carbons (Fsp3) is 0.159. The lowest BCUT2D eigenvalue weighted by Crippen LogP contribution is -2.63. The number of fused-ring (bicyclic) bond motifs is 5. The molecule has 0 unspecified atom stereocenters. The zero-order chi connectivity index (χ0) is 62.0. The van der Waals surface area contributed by atoms with Crippen LogP contribution in [0, 0.1) is 5.41 Å². The number of rotatable bonds is 16. The molecule has 0 aliphatic heterocycles. The zero-order valence-electron chi connectivity index (χ0n) is 49.3. The number of carboxylic acid groups (broad SMARTS) is 5. The molecular formula is C82H50O10. The summed E-state index contributed by atoms with van der Waals surface area (Å²) in [6, 6.07) is 65.7. The molecule has 5 N–H and O–H groups in total. The van der Waals surface area contributed by atoms with E-state index >= 15 is 0 Å². The SMILES string of the molecule is CC[C@]12C3=C4C5=C1[C@@]1(c6ccc(CC(=O)O)cc6)c6c7ccc8c6[C@]5(c5ccc(CC(=O)O)cc5)c5c-8ccc6c5[C@]4(c4ccc(CC(=O)O)cc4)c4c-6ccc5c4[C@]3(c3ccc(CC(=O)O)cc3)c3c-5ccc4c3[C@]2(c2ccc(CC(=O)O)cc2)c2c-4ccc-7c21. The highest BCUT2D eigenvalue weighted by Crippen LogP contribution is 2.93. The molecule has 6 atom stereocenters. The molecule has 0 amide bonds. The Morgan fingerprint density at radius 2 is 0.457 bits per heavy atom. The van der Waals surface area contributed by atoms with Gasteiger partial charge in [0.05, 0.1) is 59.2 Å². The molecule has 0 radical (unpaired) electrons. The molecule has 10 aromatic rings. The zero-order valence-corrected chi connectivity index (χ0v) is 49.3. The summed E-state index contributed by atoms with van der Waals surface area (Å²) in [5.74, 6) is -4.64. The second-order valence-corrected chi connectivity index (χ2v) is 27.4. The summed E-state index contributed by atoms with van der Waals surface area (Å²) in [4.78, 5) is 63.5. The highest BCUT2D eigenvalue weighted by molar-refractivity contribution is 6.15. The number of benzene rings is 10. The van der Waals surface area contributed by atoms with Crippen molar-refractivity contribution in [2.24, 2.45) is 5.41 Å². The minimum Gasteiger partial charge on any atom is -0.481 e. The van der Waals surface area contributed by atoms with Crippen LogP contribution in [0.4, 0.5) is 0 Å². The summed E-state index contributed by atoms with van der Waals surface area (Å²) < 4.78 is 0. The van der Waals surface area contributed by atoms with Crippen molar-refractivity contribution in [3.8, 4) is 55.6 Å². The van der Waals surface area contributed by atoms with Gasteiger partial charge in [0.2, 0.25) is 0 Å². The van der Waals surface area contributed by atoms with E-state index in [0.717, 1.165) is 83.5 Å². The maximum absolute atomic E-state index is 12.7. The van der Waals surface area contributed by atoms with E-state index in [0.29, 0.717) is 34.2 Å². The van der Waals surface area contributed by atoms with Crippen molar-refractivity contribution in [3.63, 3.8) is 0 Å². The summed E-state index contributed by atoms with van der Waals surface area (Å²) in [7, 11) is 0. The topological polar surface area (TPSA) is 186 Å².